The van der Waals surface area contributed by atoms with Crippen LogP contribution in [0, 0.1) is 0 Å². The highest BCUT2D eigenvalue weighted by molar-refractivity contribution is 7.18. The molecule has 0 radical (unpaired) electrons. The van der Waals surface area contributed by atoms with Gasteiger partial charge in [0.2, 0.25) is 0 Å². The summed E-state index contributed by atoms with van der Waals surface area (Å²) in [6.45, 7) is 3.85. The molecule has 1 fully saturated rings. The third-order valence-electron chi connectivity index (χ3n) is 4.98. The number of benzene rings is 2. The van der Waals surface area contributed by atoms with Crippen LogP contribution in [0.25, 0.3) is 10.2 Å². The van der Waals surface area contributed by atoms with Crippen molar-refractivity contribution in [2.45, 2.75) is 18.8 Å². The molecule has 2 heterocycles. The quantitative estimate of drug-likeness (QED) is 0.639. The van der Waals surface area contributed by atoms with Gasteiger partial charge in [0.1, 0.15) is 6.61 Å². The van der Waals surface area contributed by atoms with Crippen LogP contribution in [-0.4, -0.2) is 43.2 Å². The zero-order valence-electron chi connectivity index (χ0n) is 15.1. The number of methoxy groups -OCH3 is 1. The number of fused-ring (bicyclic) bond motifs is 1. The van der Waals surface area contributed by atoms with Crippen molar-refractivity contribution in [2.24, 2.45) is 0 Å². The predicted molar refractivity (Wildman–Crippen MR) is 107 cm³/mol. The zero-order chi connectivity index (χ0) is 17.8. The molecule has 1 saturated heterocycles. The summed E-state index contributed by atoms with van der Waals surface area (Å²) in [6.07, 6.45) is 2.35. The monoisotopic (exact) mass is 368 g/mol. The molecule has 0 aliphatic carbocycles. The van der Waals surface area contributed by atoms with Crippen molar-refractivity contribution in [1.29, 1.82) is 0 Å². The Kier molecular flexibility index (Phi) is 5.37. The van der Waals surface area contributed by atoms with Gasteiger partial charge in [-0.15, -0.1) is 11.3 Å². The Bertz CT molecular complexity index is 823. The van der Waals surface area contributed by atoms with E-state index in [1.807, 2.05) is 35.6 Å². The Morgan fingerprint density at radius 2 is 1.77 bits per heavy atom. The molecule has 0 saturated carbocycles. The molecule has 2 aromatic carbocycles. The van der Waals surface area contributed by atoms with Crippen molar-refractivity contribution < 1.29 is 9.47 Å². The standard InChI is InChI=1S/C21H24N2O2S/c1-24-18-7-3-4-8-19(18)25-15-14-23-12-10-16(11-13-23)21-22-17-6-2-5-9-20(17)26-21/h2-9,16H,10-15H2,1H3. The molecule has 0 spiro atoms. The maximum Gasteiger partial charge on any atom is 0.161 e. The minimum absolute atomic E-state index is 0.596. The van der Waals surface area contributed by atoms with Gasteiger partial charge < -0.3 is 9.47 Å². The van der Waals surface area contributed by atoms with Gasteiger partial charge in [0, 0.05) is 12.5 Å². The Morgan fingerprint density at radius 1 is 1.04 bits per heavy atom. The third kappa shape index (κ3) is 3.84. The lowest BCUT2D eigenvalue weighted by molar-refractivity contribution is 0.171. The molecule has 0 bridgehead atoms. The number of para-hydroxylation sites is 3. The van der Waals surface area contributed by atoms with E-state index in [1.54, 1.807) is 7.11 Å². The first-order valence-electron chi connectivity index (χ1n) is 9.17. The third-order valence-corrected chi connectivity index (χ3v) is 6.18. The molecule has 4 rings (SSSR count). The van der Waals surface area contributed by atoms with Crippen LogP contribution in [0.3, 0.4) is 0 Å². The largest absolute Gasteiger partial charge is 0.493 e. The maximum absolute atomic E-state index is 5.91. The highest BCUT2D eigenvalue weighted by atomic mass is 32.1. The van der Waals surface area contributed by atoms with Gasteiger partial charge in [0.05, 0.1) is 22.3 Å². The minimum Gasteiger partial charge on any atom is -0.493 e. The van der Waals surface area contributed by atoms with Crippen LogP contribution in [0.4, 0.5) is 0 Å². The minimum atomic E-state index is 0.596. The number of aromatic nitrogens is 1. The van der Waals surface area contributed by atoms with Crippen molar-refractivity contribution in [1.82, 2.24) is 9.88 Å². The van der Waals surface area contributed by atoms with Crippen LogP contribution in [0.5, 0.6) is 11.5 Å². The molecule has 0 unspecified atom stereocenters. The number of ether oxygens (including phenoxy) is 2. The van der Waals surface area contributed by atoms with E-state index in [9.17, 15) is 0 Å². The normalized spacial score (nSPS) is 16.0. The molecule has 136 valence electrons. The second-order valence-corrected chi connectivity index (χ2v) is 7.70. The fourth-order valence-electron chi connectivity index (χ4n) is 3.49. The second kappa shape index (κ2) is 8.06. The summed E-state index contributed by atoms with van der Waals surface area (Å²) in [6, 6.07) is 16.3. The Morgan fingerprint density at radius 3 is 2.54 bits per heavy atom. The molecule has 0 atom stereocenters. The highest BCUT2D eigenvalue weighted by Gasteiger charge is 2.23. The molecule has 1 aliphatic heterocycles. The van der Waals surface area contributed by atoms with Crippen LogP contribution in [0.2, 0.25) is 0 Å². The summed E-state index contributed by atoms with van der Waals surface area (Å²) in [5, 5.41) is 1.30. The number of rotatable bonds is 6. The van der Waals surface area contributed by atoms with E-state index in [0.29, 0.717) is 12.5 Å². The van der Waals surface area contributed by atoms with E-state index in [-0.39, 0.29) is 0 Å². The molecular formula is C21H24N2O2S. The fraction of sp³-hybridized carbons (Fsp3) is 0.381. The molecule has 0 N–H and O–H groups in total. The molecule has 3 aromatic rings. The number of piperidine rings is 1. The summed E-state index contributed by atoms with van der Waals surface area (Å²) in [5.74, 6) is 2.21. The van der Waals surface area contributed by atoms with E-state index in [4.69, 9.17) is 14.5 Å². The van der Waals surface area contributed by atoms with Crippen LogP contribution >= 0.6 is 11.3 Å². The van der Waals surface area contributed by atoms with Crippen molar-refractivity contribution >= 4 is 21.6 Å². The van der Waals surface area contributed by atoms with Gasteiger partial charge in [-0.2, -0.15) is 0 Å². The number of nitrogens with zero attached hydrogens (tertiary/aromatic N) is 2. The lowest BCUT2D eigenvalue weighted by Gasteiger charge is -2.30. The fourth-order valence-corrected chi connectivity index (χ4v) is 4.63. The van der Waals surface area contributed by atoms with Crippen molar-refractivity contribution in [3.8, 4) is 11.5 Å². The van der Waals surface area contributed by atoms with Crippen LogP contribution < -0.4 is 9.47 Å². The van der Waals surface area contributed by atoms with Crippen LogP contribution in [0.15, 0.2) is 48.5 Å². The summed E-state index contributed by atoms with van der Waals surface area (Å²) >= 11 is 1.86. The Hall–Kier alpha value is -2.11. The first kappa shape index (κ1) is 17.3. The van der Waals surface area contributed by atoms with Gasteiger partial charge in [-0.05, 0) is 50.2 Å². The molecule has 1 aromatic heterocycles. The van der Waals surface area contributed by atoms with E-state index < -0.39 is 0 Å². The number of hydrogen-bond donors (Lipinski definition) is 0. The topological polar surface area (TPSA) is 34.6 Å². The van der Waals surface area contributed by atoms with Crippen molar-refractivity contribution in [3.05, 3.63) is 53.5 Å². The average molecular weight is 369 g/mol. The molecule has 1 aliphatic rings. The summed E-state index contributed by atoms with van der Waals surface area (Å²) in [4.78, 5) is 7.33. The van der Waals surface area contributed by atoms with E-state index >= 15 is 0 Å². The number of likely N-dealkylation sites (tertiary alicyclic amines) is 1. The molecule has 26 heavy (non-hydrogen) atoms. The van der Waals surface area contributed by atoms with Gasteiger partial charge in [-0.3, -0.25) is 4.90 Å². The van der Waals surface area contributed by atoms with E-state index in [2.05, 4.69) is 29.2 Å². The first-order valence-corrected chi connectivity index (χ1v) is 9.99. The highest BCUT2D eigenvalue weighted by Crippen LogP contribution is 2.33. The van der Waals surface area contributed by atoms with E-state index in [1.165, 1.54) is 22.5 Å². The lowest BCUT2D eigenvalue weighted by Crippen LogP contribution is -2.35. The second-order valence-electron chi connectivity index (χ2n) is 6.64. The van der Waals surface area contributed by atoms with Crippen LogP contribution in [-0.2, 0) is 0 Å². The van der Waals surface area contributed by atoms with Gasteiger partial charge in [0.25, 0.3) is 0 Å². The molecular weight excluding hydrogens is 344 g/mol. The molecule has 5 heteroatoms. The van der Waals surface area contributed by atoms with Gasteiger partial charge in [-0.25, -0.2) is 4.98 Å². The average Bonchev–Trinajstić information content (AvgIpc) is 3.13. The first-order chi connectivity index (χ1) is 12.8. The van der Waals surface area contributed by atoms with Gasteiger partial charge in [-0.1, -0.05) is 24.3 Å². The SMILES string of the molecule is COc1ccccc1OCCN1CCC(c2nc3ccccc3s2)CC1. The number of thiazole rings is 1. The Labute approximate surface area is 158 Å². The zero-order valence-corrected chi connectivity index (χ0v) is 15.9. The van der Waals surface area contributed by atoms with Gasteiger partial charge >= 0.3 is 0 Å². The summed E-state index contributed by atoms with van der Waals surface area (Å²) in [5.41, 5.74) is 1.14. The van der Waals surface area contributed by atoms with E-state index in [0.717, 1.165) is 36.6 Å². The van der Waals surface area contributed by atoms with Crippen LogP contribution in [0.1, 0.15) is 23.8 Å². The smallest absolute Gasteiger partial charge is 0.161 e. The Balaban J connectivity index is 1.27. The maximum atomic E-state index is 5.91. The summed E-state index contributed by atoms with van der Waals surface area (Å²) in [7, 11) is 1.68. The molecule has 4 nitrogen and oxygen atoms in total. The van der Waals surface area contributed by atoms with Gasteiger partial charge in [0.15, 0.2) is 11.5 Å². The predicted octanol–water partition coefficient (Wildman–Crippen LogP) is 4.56. The van der Waals surface area contributed by atoms with Crippen molar-refractivity contribution in [3.63, 3.8) is 0 Å². The lowest BCUT2D eigenvalue weighted by atomic mass is 9.97. The summed E-state index contributed by atoms with van der Waals surface area (Å²) < 4.78 is 12.5. The van der Waals surface area contributed by atoms with Crippen molar-refractivity contribution in [2.75, 3.05) is 33.4 Å². The number of hydrogen-bond acceptors (Lipinski definition) is 5. The molecule has 0 amide bonds.